The van der Waals surface area contributed by atoms with Gasteiger partial charge in [0.1, 0.15) is 5.69 Å². The van der Waals surface area contributed by atoms with E-state index in [0.29, 0.717) is 23.0 Å². The molecular formula is C16H21N5O. The van der Waals surface area contributed by atoms with E-state index in [4.69, 9.17) is 0 Å². The third-order valence-electron chi connectivity index (χ3n) is 3.11. The van der Waals surface area contributed by atoms with Gasteiger partial charge in [-0.2, -0.15) is 4.98 Å². The molecule has 2 aromatic rings. The first-order valence-electron chi connectivity index (χ1n) is 6.98. The van der Waals surface area contributed by atoms with E-state index < -0.39 is 0 Å². The van der Waals surface area contributed by atoms with Crippen molar-refractivity contribution in [3.05, 3.63) is 41.6 Å². The topological polar surface area (TPSA) is 61.4 Å². The molecule has 0 aliphatic heterocycles. The van der Waals surface area contributed by atoms with Crippen LogP contribution in [0, 0.1) is 6.92 Å². The second-order valence-electron chi connectivity index (χ2n) is 5.52. The zero-order valence-electron chi connectivity index (χ0n) is 13.6. The summed E-state index contributed by atoms with van der Waals surface area (Å²) in [4.78, 5) is 24.8. The Hall–Kier alpha value is -2.63. The summed E-state index contributed by atoms with van der Waals surface area (Å²) >= 11 is 0. The predicted molar refractivity (Wildman–Crippen MR) is 89.8 cm³/mol. The number of carbonyl (C=O) groups excluding carboxylic acids is 1. The van der Waals surface area contributed by atoms with Crippen LogP contribution in [0.25, 0.3) is 0 Å². The molecule has 2 rings (SSSR count). The van der Waals surface area contributed by atoms with E-state index in [1.165, 1.54) is 0 Å². The Bertz CT molecular complexity index is 682. The molecule has 0 saturated heterocycles. The number of anilines is 3. The van der Waals surface area contributed by atoms with Crippen molar-refractivity contribution in [2.24, 2.45) is 0 Å². The largest absolute Gasteiger partial charge is 0.361 e. The Morgan fingerprint density at radius 1 is 1.14 bits per heavy atom. The molecule has 0 saturated carbocycles. The zero-order chi connectivity index (χ0) is 16.3. The highest BCUT2D eigenvalue weighted by atomic mass is 16.1. The number of nitrogens with one attached hydrogen (secondary N) is 1. The van der Waals surface area contributed by atoms with Gasteiger partial charge in [0.2, 0.25) is 5.95 Å². The van der Waals surface area contributed by atoms with Gasteiger partial charge in [0.25, 0.3) is 5.91 Å². The predicted octanol–water partition coefficient (Wildman–Crippen LogP) is 2.17. The molecule has 0 atom stereocenters. The van der Waals surface area contributed by atoms with E-state index in [1.54, 1.807) is 12.3 Å². The minimum atomic E-state index is -0.173. The van der Waals surface area contributed by atoms with Gasteiger partial charge < -0.3 is 15.1 Å². The SMILES string of the molecule is Cc1cccc(C(=O)Nc2cnc(N(C)C)nc2N(C)C)c1. The average Bonchev–Trinajstić information content (AvgIpc) is 2.47. The number of hydrogen-bond acceptors (Lipinski definition) is 5. The van der Waals surface area contributed by atoms with Crippen molar-refractivity contribution in [2.75, 3.05) is 43.3 Å². The Labute approximate surface area is 130 Å². The molecule has 1 aromatic carbocycles. The van der Waals surface area contributed by atoms with E-state index >= 15 is 0 Å². The van der Waals surface area contributed by atoms with Crippen molar-refractivity contribution in [1.82, 2.24) is 9.97 Å². The van der Waals surface area contributed by atoms with Crippen molar-refractivity contribution < 1.29 is 4.79 Å². The fourth-order valence-electron chi connectivity index (χ4n) is 1.99. The van der Waals surface area contributed by atoms with Crippen LogP contribution < -0.4 is 15.1 Å². The van der Waals surface area contributed by atoms with Gasteiger partial charge in [-0.05, 0) is 19.1 Å². The quantitative estimate of drug-likeness (QED) is 0.937. The standard InChI is InChI=1S/C16H21N5O/c1-11-7-6-8-12(9-11)15(22)18-13-10-17-16(21(4)5)19-14(13)20(2)3/h6-10H,1-5H3,(H,18,22). The van der Waals surface area contributed by atoms with Crippen LogP contribution in [0.1, 0.15) is 15.9 Å². The van der Waals surface area contributed by atoms with E-state index in [0.717, 1.165) is 5.56 Å². The third-order valence-corrected chi connectivity index (χ3v) is 3.11. The number of aryl methyl sites for hydroxylation is 1. The lowest BCUT2D eigenvalue weighted by molar-refractivity contribution is 0.102. The number of benzene rings is 1. The molecule has 0 unspecified atom stereocenters. The molecule has 0 spiro atoms. The molecule has 0 fully saturated rings. The van der Waals surface area contributed by atoms with Gasteiger partial charge in [-0.25, -0.2) is 4.98 Å². The lowest BCUT2D eigenvalue weighted by Gasteiger charge is -2.19. The highest BCUT2D eigenvalue weighted by molar-refractivity contribution is 6.05. The molecule has 0 aliphatic carbocycles. The van der Waals surface area contributed by atoms with Crippen molar-refractivity contribution in [3.63, 3.8) is 0 Å². The second kappa shape index (κ2) is 6.43. The summed E-state index contributed by atoms with van der Waals surface area (Å²) in [6.45, 7) is 1.96. The Kier molecular flexibility index (Phi) is 4.60. The molecular weight excluding hydrogens is 278 g/mol. The van der Waals surface area contributed by atoms with Gasteiger partial charge in [0, 0.05) is 33.8 Å². The maximum atomic E-state index is 12.4. The summed E-state index contributed by atoms with van der Waals surface area (Å²) in [5.74, 6) is 1.09. The second-order valence-corrected chi connectivity index (χ2v) is 5.52. The molecule has 6 nitrogen and oxygen atoms in total. The summed E-state index contributed by atoms with van der Waals surface area (Å²) in [5, 5.41) is 2.88. The van der Waals surface area contributed by atoms with Gasteiger partial charge >= 0.3 is 0 Å². The minimum absolute atomic E-state index is 0.173. The van der Waals surface area contributed by atoms with Gasteiger partial charge in [-0.3, -0.25) is 4.79 Å². The first-order valence-corrected chi connectivity index (χ1v) is 6.98. The molecule has 1 aromatic heterocycles. The molecule has 6 heteroatoms. The summed E-state index contributed by atoms with van der Waals surface area (Å²) < 4.78 is 0. The Morgan fingerprint density at radius 3 is 2.45 bits per heavy atom. The van der Waals surface area contributed by atoms with Crippen LogP contribution >= 0.6 is 0 Å². The van der Waals surface area contributed by atoms with E-state index in [2.05, 4.69) is 15.3 Å². The monoisotopic (exact) mass is 299 g/mol. The summed E-state index contributed by atoms with van der Waals surface area (Å²) in [7, 11) is 7.51. The van der Waals surface area contributed by atoms with Gasteiger partial charge in [-0.1, -0.05) is 17.7 Å². The number of hydrogen-bond donors (Lipinski definition) is 1. The zero-order valence-corrected chi connectivity index (χ0v) is 13.6. The highest BCUT2D eigenvalue weighted by Gasteiger charge is 2.14. The molecule has 22 heavy (non-hydrogen) atoms. The minimum Gasteiger partial charge on any atom is -0.361 e. The van der Waals surface area contributed by atoms with Crippen molar-refractivity contribution >= 4 is 23.4 Å². The summed E-state index contributed by atoms with van der Waals surface area (Å²) in [5.41, 5.74) is 2.24. The fourth-order valence-corrected chi connectivity index (χ4v) is 1.99. The molecule has 0 aliphatic rings. The average molecular weight is 299 g/mol. The first kappa shape index (κ1) is 15.8. The van der Waals surface area contributed by atoms with E-state index in [-0.39, 0.29) is 5.91 Å². The van der Waals surface area contributed by atoms with Crippen LogP contribution in [0.2, 0.25) is 0 Å². The number of aromatic nitrogens is 2. The highest BCUT2D eigenvalue weighted by Crippen LogP contribution is 2.23. The van der Waals surface area contributed by atoms with Crippen LogP contribution in [0.4, 0.5) is 17.5 Å². The number of carbonyl (C=O) groups is 1. The van der Waals surface area contributed by atoms with Crippen molar-refractivity contribution in [3.8, 4) is 0 Å². The molecule has 116 valence electrons. The maximum absolute atomic E-state index is 12.4. The fraction of sp³-hybridized carbons (Fsp3) is 0.312. The van der Waals surface area contributed by atoms with E-state index in [9.17, 15) is 4.79 Å². The number of nitrogens with zero attached hydrogens (tertiary/aromatic N) is 4. The number of amides is 1. The Balaban J connectivity index is 2.30. The lowest BCUT2D eigenvalue weighted by Crippen LogP contribution is -2.21. The Morgan fingerprint density at radius 2 is 1.86 bits per heavy atom. The van der Waals surface area contributed by atoms with Crippen molar-refractivity contribution in [2.45, 2.75) is 6.92 Å². The van der Waals surface area contributed by atoms with Crippen LogP contribution in [-0.2, 0) is 0 Å². The van der Waals surface area contributed by atoms with Crippen molar-refractivity contribution in [1.29, 1.82) is 0 Å². The smallest absolute Gasteiger partial charge is 0.255 e. The molecule has 0 bridgehead atoms. The lowest BCUT2D eigenvalue weighted by atomic mass is 10.1. The first-order chi connectivity index (χ1) is 10.4. The van der Waals surface area contributed by atoms with Crippen LogP contribution in [0.15, 0.2) is 30.5 Å². The van der Waals surface area contributed by atoms with Gasteiger partial charge in [0.05, 0.1) is 6.20 Å². The molecule has 1 N–H and O–H groups in total. The maximum Gasteiger partial charge on any atom is 0.255 e. The number of rotatable bonds is 4. The van der Waals surface area contributed by atoms with Crippen LogP contribution in [0.5, 0.6) is 0 Å². The summed E-state index contributed by atoms with van der Waals surface area (Å²) in [6, 6.07) is 7.45. The molecule has 1 heterocycles. The third kappa shape index (κ3) is 3.52. The van der Waals surface area contributed by atoms with Gasteiger partial charge in [0.15, 0.2) is 5.82 Å². The molecule has 1 amide bonds. The van der Waals surface area contributed by atoms with E-state index in [1.807, 2.05) is 63.1 Å². The molecule has 0 radical (unpaired) electrons. The van der Waals surface area contributed by atoms with Gasteiger partial charge in [-0.15, -0.1) is 0 Å². The van der Waals surface area contributed by atoms with Crippen LogP contribution in [0.3, 0.4) is 0 Å². The normalized spacial score (nSPS) is 10.2. The van der Waals surface area contributed by atoms with Crippen LogP contribution in [-0.4, -0.2) is 44.1 Å². The summed E-state index contributed by atoms with van der Waals surface area (Å²) in [6.07, 6.45) is 1.63.